The molecule has 0 atom stereocenters. The van der Waals surface area contributed by atoms with Crippen molar-refractivity contribution in [2.45, 2.75) is 0 Å². The maximum atomic E-state index is 9.56. The van der Waals surface area contributed by atoms with Crippen LogP contribution < -0.4 is 11.4 Å². The molecule has 0 radical (unpaired) electrons. The van der Waals surface area contributed by atoms with Crippen molar-refractivity contribution in [2.24, 2.45) is 5.84 Å². The monoisotopic (exact) mass is 128 g/mol. The van der Waals surface area contributed by atoms with E-state index in [2.05, 4.69) is 10.5 Å². The minimum atomic E-state index is -4.40. The van der Waals surface area contributed by atoms with Crippen molar-refractivity contribution in [3.8, 4) is 0 Å². The highest BCUT2D eigenvalue weighted by molar-refractivity contribution is 7.46. The van der Waals surface area contributed by atoms with E-state index in [9.17, 15) is 4.57 Å². The number of hydrogen-bond donors (Lipinski definition) is 4. The zero-order chi connectivity index (χ0) is 5.91. The van der Waals surface area contributed by atoms with E-state index in [-0.39, 0.29) is 0 Å². The van der Waals surface area contributed by atoms with Gasteiger partial charge in [0.2, 0.25) is 0 Å². The Morgan fingerprint density at radius 3 is 2.14 bits per heavy atom. The van der Waals surface area contributed by atoms with Crippen LogP contribution >= 0.6 is 7.82 Å². The molecule has 0 aromatic rings. The summed E-state index contributed by atoms with van der Waals surface area (Å²) in [5, 5.41) is 0. The summed E-state index contributed by atoms with van der Waals surface area (Å²) in [6.07, 6.45) is 0. The van der Waals surface area contributed by atoms with Crippen molar-refractivity contribution in [1.82, 2.24) is 5.59 Å². The minimum Gasteiger partial charge on any atom is -0.302 e. The summed E-state index contributed by atoms with van der Waals surface area (Å²) in [4.78, 5) is 15.5. The Kier molecular flexibility index (Phi) is 2.38. The van der Waals surface area contributed by atoms with Gasteiger partial charge in [0.25, 0.3) is 0 Å². The third-order valence-corrected chi connectivity index (χ3v) is 0.515. The van der Waals surface area contributed by atoms with Crippen LogP contribution in [0.15, 0.2) is 0 Å². The molecule has 0 unspecified atom stereocenters. The zero-order valence-electron chi connectivity index (χ0n) is 3.24. The van der Waals surface area contributed by atoms with Gasteiger partial charge in [-0.2, -0.15) is 4.62 Å². The first-order chi connectivity index (χ1) is 3.06. The van der Waals surface area contributed by atoms with E-state index in [4.69, 9.17) is 9.79 Å². The molecule has 0 saturated carbocycles. The third-order valence-electron chi connectivity index (χ3n) is 0.172. The molecule has 0 aromatic heterocycles. The summed E-state index contributed by atoms with van der Waals surface area (Å²) < 4.78 is 13.0. The Balaban J connectivity index is 3.36. The van der Waals surface area contributed by atoms with Crippen LogP contribution in [0.2, 0.25) is 0 Å². The molecule has 0 rings (SSSR count). The lowest BCUT2D eigenvalue weighted by atomic mass is 12.8. The van der Waals surface area contributed by atoms with E-state index >= 15 is 0 Å². The molecule has 7 heavy (non-hydrogen) atoms. The lowest BCUT2D eigenvalue weighted by Gasteiger charge is -1.98. The Morgan fingerprint density at radius 2 is 2.14 bits per heavy atom. The lowest BCUT2D eigenvalue weighted by Crippen LogP contribution is -2.20. The van der Waals surface area contributed by atoms with E-state index in [1.54, 1.807) is 0 Å². The molecule has 5 N–H and O–H groups in total. The highest BCUT2D eigenvalue weighted by Gasteiger charge is 2.11. The molecule has 0 aliphatic heterocycles. The summed E-state index contributed by atoms with van der Waals surface area (Å²) >= 11 is 0. The standard InChI is InChI=1S/H5N2O4P/c1-2-6-7(3,4)5/h2H,1H2,(H2,3,4,5). The van der Waals surface area contributed by atoms with Gasteiger partial charge in [-0.25, -0.2) is 10.4 Å². The van der Waals surface area contributed by atoms with Crippen molar-refractivity contribution in [3.05, 3.63) is 0 Å². The molecule has 0 aliphatic carbocycles. The van der Waals surface area contributed by atoms with E-state index in [0.717, 1.165) is 0 Å². The van der Waals surface area contributed by atoms with Crippen molar-refractivity contribution in [3.63, 3.8) is 0 Å². The molecular weight excluding hydrogens is 123 g/mol. The molecule has 0 heterocycles. The quantitative estimate of drug-likeness (QED) is 0.204. The number of nitrogens with two attached hydrogens (primary N) is 1. The van der Waals surface area contributed by atoms with Crippen LogP contribution in [0, 0.1) is 0 Å². The van der Waals surface area contributed by atoms with Crippen molar-refractivity contribution in [2.75, 3.05) is 0 Å². The van der Waals surface area contributed by atoms with Gasteiger partial charge >= 0.3 is 7.82 Å². The molecule has 0 saturated heterocycles. The summed E-state index contributed by atoms with van der Waals surface area (Å²) in [5.41, 5.74) is 1.34. The zero-order valence-corrected chi connectivity index (χ0v) is 4.13. The predicted octanol–water partition coefficient (Wildman–Crippen LogP) is -1.53. The first kappa shape index (κ1) is 7.03. The van der Waals surface area contributed by atoms with E-state index in [0.29, 0.717) is 0 Å². The van der Waals surface area contributed by atoms with Gasteiger partial charge in [-0.1, -0.05) is 0 Å². The fourth-order valence-corrected chi connectivity index (χ4v) is 0.206. The Hall–Kier alpha value is 0.0300. The topological polar surface area (TPSA) is 105 Å². The van der Waals surface area contributed by atoms with Gasteiger partial charge in [0, 0.05) is 0 Å². The number of hydrogen-bond acceptors (Lipinski definition) is 4. The number of nitrogens with one attached hydrogen (secondary N) is 1. The fourth-order valence-electron chi connectivity index (χ4n) is 0.0687. The third kappa shape index (κ3) is 6.03. The van der Waals surface area contributed by atoms with Gasteiger partial charge < -0.3 is 9.79 Å². The SMILES string of the molecule is NNOP(=O)(O)O. The first-order valence-corrected chi connectivity index (χ1v) is 2.79. The van der Waals surface area contributed by atoms with E-state index < -0.39 is 7.82 Å². The smallest absolute Gasteiger partial charge is 0.302 e. The minimum absolute atomic E-state index is 1.34. The van der Waals surface area contributed by atoms with Crippen LogP contribution in [0.3, 0.4) is 0 Å². The largest absolute Gasteiger partial charge is 0.487 e. The van der Waals surface area contributed by atoms with Gasteiger partial charge in [0.05, 0.1) is 0 Å². The van der Waals surface area contributed by atoms with Crippen LogP contribution in [0.5, 0.6) is 0 Å². The van der Waals surface area contributed by atoms with Gasteiger partial charge in [-0.3, -0.25) is 0 Å². The predicted molar refractivity (Wildman–Crippen MR) is 20.5 cm³/mol. The van der Waals surface area contributed by atoms with Gasteiger partial charge in [-0.15, -0.1) is 5.59 Å². The summed E-state index contributed by atoms with van der Waals surface area (Å²) in [6, 6.07) is 0. The van der Waals surface area contributed by atoms with Gasteiger partial charge in [-0.05, 0) is 0 Å². The normalized spacial score (nSPS) is 11.9. The summed E-state index contributed by atoms with van der Waals surface area (Å²) in [7, 11) is -4.40. The molecule has 7 heteroatoms. The number of hydrazine groups is 1. The maximum Gasteiger partial charge on any atom is 0.487 e. The fraction of sp³-hybridized carbons (Fsp3) is 0. The number of rotatable bonds is 2. The average molecular weight is 128 g/mol. The average Bonchev–Trinajstić information content (AvgIpc) is 1.30. The van der Waals surface area contributed by atoms with E-state index in [1.807, 2.05) is 0 Å². The lowest BCUT2D eigenvalue weighted by molar-refractivity contribution is 0.126. The van der Waals surface area contributed by atoms with Crippen LogP contribution in [0.25, 0.3) is 0 Å². The molecule has 6 nitrogen and oxygen atoms in total. The van der Waals surface area contributed by atoms with Gasteiger partial charge in [0.15, 0.2) is 0 Å². The Bertz CT molecular complexity index is 83.7. The highest BCUT2D eigenvalue weighted by Crippen LogP contribution is 2.33. The summed E-state index contributed by atoms with van der Waals surface area (Å²) in [5.74, 6) is 4.35. The second-order valence-electron chi connectivity index (χ2n) is 0.700. The molecule has 0 spiro atoms. The van der Waals surface area contributed by atoms with Crippen molar-refractivity contribution in [1.29, 1.82) is 0 Å². The van der Waals surface area contributed by atoms with E-state index in [1.165, 1.54) is 5.59 Å². The molecule has 0 amide bonds. The van der Waals surface area contributed by atoms with Crippen molar-refractivity contribution < 1.29 is 19.0 Å². The highest BCUT2D eigenvalue weighted by atomic mass is 31.2. The molecule has 0 aliphatic rings. The second kappa shape index (κ2) is 2.37. The second-order valence-corrected chi connectivity index (χ2v) is 1.86. The van der Waals surface area contributed by atoms with Crippen LogP contribution in [-0.2, 0) is 9.19 Å². The molecule has 0 bridgehead atoms. The van der Waals surface area contributed by atoms with Gasteiger partial charge in [0.1, 0.15) is 0 Å². The Labute approximate surface area is 39.4 Å². The molecule has 0 fully saturated rings. The van der Waals surface area contributed by atoms with Crippen LogP contribution in [-0.4, -0.2) is 9.79 Å². The van der Waals surface area contributed by atoms with Crippen molar-refractivity contribution >= 4 is 7.82 Å². The molecule has 0 aromatic carbocycles. The molecular formula is H5N2O4P. The summed E-state index contributed by atoms with van der Waals surface area (Å²) in [6.45, 7) is 0. The van der Waals surface area contributed by atoms with Crippen LogP contribution in [0.4, 0.5) is 0 Å². The molecule has 44 valence electrons. The number of phosphoric acid groups is 1. The maximum absolute atomic E-state index is 9.56. The van der Waals surface area contributed by atoms with Crippen LogP contribution in [0.1, 0.15) is 0 Å². The first-order valence-electron chi connectivity index (χ1n) is 1.26. The Morgan fingerprint density at radius 1 is 1.71 bits per heavy atom.